The lowest BCUT2D eigenvalue weighted by Crippen LogP contribution is -2.01. The first kappa shape index (κ1) is 14.4. The van der Waals surface area contributed by atoms with E-state index in [-0.39, 0.29) is 6.54 Å². The second kappa shape index (κ2) is 6.95. The quantitative estimate of drug-likeness (QED) is 0.847. The molecule has 0 saturated heterocycles. The van der Waals surface area contributed by atoms with Gasteiger partial charge < -0.3 is 14.7 Å². The Bertz CT molecular complexity index is 605. The first-order valence-corrected chi connectivity index (χ1v) is 6.55. The Hall–Kier alpha value is -2.02. The van der Waals surface area contributed by atoms with Crippen LogP contribution in [-0.4, -0.2) is 11.7 Å². The molecule has 3 nitrogen and oxygen atoms in total. The second-order valence-electron chi connectivity index (χ2n) is 4.34. The fraction of sp³-hybridized carbons (Fsp3) is 0.188. The highest BCUT2D eigenvalue weighted by Gasteiger charge is 2.10. The molecule has 0 radical (unpaired) electrons. The van der Waals surface area contributed by atoms with E-state index in [1.54, 1.807) is 18.2 Å². The molecule has 4 heteroatoms. The molecule has 0 aromatic heterocycles. The average Bonchev–Trinajstić information content (AvgIpc) is 2.47. The van der Waals surface area contributed by atoms with E-state index in [1.165, 1.54) is 0 Å². The Labute approximate surface area is 123 Å². The maximum Gasteiger partial charge on any atom is 0.244 e. The van der Waals surface area contributed by atoms with Gasteiger partial charge in [-0.1, -0.05) is 35.9 Å². The molecule has 0 fully saturated rings. The van der Waals surface area contributed by atoms with Crippen molar-refractivity contribution in [3.8, 4) is 5.75 Å². The average molecular weight is 288 g/mol. The molecule has 2 rings (SSSR count). The summed E-state index contributed by atoms with van der Waals surface area (Å²) in [5, 5.41) is 10.5. The van der Waals surface area contributed by atoms with Gasteiger partial charge in [0.1, 0.15) is 12.4 Å². The van der Waals surface area contributed by atoms with Crippen molar-refractivity contribution in [3.63, 3.8) is 0 Å². The van der Waals surface area contributed by atoms with E-state index in [0.29, 0.717) is 22.9 Å². The van der Waals surface area contributed by atoms with Crippen molar-refractivity contribution in [2.24, 2.45) is 0 Å². The molecule has 0 heterocycles. The molecule has 0 spiro atoms. The number of rotatable bonds is 5. The second-order valence-corrected chi connectivity index (χ2v) is 4.78. The van der Waals surface area contributed by atoms with Gasteiger partial charge in [-0.3, -0.25) is 0 Å². The summed E-state index contributed by atoms with van der Waals surface area (Å²) in [6, 6.07) is 14.6. The number of hydrogen-bond donors (Lipinski definition) is 1. The highest BCUT2D eigenvalue weighted by molar-refractivity contribution is 6.30. The number of nitrogens with zero attached hydrogens (tertiary/aromatic N) is 1. The zero-order valence-corrected chi connectivity index (χ0v) is 11.5. The van der Waals surface area contributed by atoms with Crippen LogP contribution in [0.15, 0.2) is 48.5 Å². The van der Waals surface area contributed by atoms with Gasteiger partial charge in [-0.2, -0.15) is 0 Å². The zero-order valence-electron chi connectivity index (χ0n) is 10.8. The van der Waals surface area contributed by atoms with Crippen molar-refractivity contribution in [1.82, 2.24) is 0 Å². The molecule has 1 N–H and O–H groups in total. The molecule has 0 bridgehead atoms. The molecule has 1 unspecified atom stereocenters. The third-order valence-corrected chi connectivity index (χ3v) is 3.08. The van der Waals surface area contributed by atoms with Gasteiger partial charge in [0.15, 0.2) is 6.10 Å². The number of aliphatic hydroxyl groups is 1. The first-order chi connectivity index (χ1) is 9.69. The highest BCUT2D eigenvalue weighted by Crippen LogP contribution is 2.21. The summed E-state index contributed by atoms with van der Waals surface area (Å²) in [4.78, 5) is 3.19. The topological polar surface area (TPSA) is 33.8 Å². The van der Waals surface area contributed by atoms with Crippen LogP contribution in [0.4, 0.5) is 0 Å². The van der Waals surface area contributed by atoms with E-state index >= 15 is 0 Å². The molecule has 0 aliphatic heterocycles. The SMILES string of the molecule is [C-]#[N+]CC(O)c1cccc(OCc2ccc(Cl)cc2)c1. The van der Waals surface area contributed by atoms with E-state index in [0.717, 1.165) is 5.56 Å². The summed E-state index contributed by atoms with van der Waals surface area (Å²) in [5.41, 5.74) is 1.70. The lowest BCUT2D eigenvalue weighted by Gasteiger charge is -2.09. The predicted octanol–water partition coefficient (Wildman–Crippen LogP) is 3.87. The van der Waals surface area contributed by atoms with Crippen LogP contribution in [0.1, 0.15) is 17.2 Å². The lowest BCUT2D eigenvalue weighted by molar-refractivity contribution is 0.194. The minimum atomic E-state index is -0.772. The van der Waals surface area contributed by atoms with Gasteiger partial charge in [0.05, 0.1) is 0 Å². The molecule has 0 aliphatic rings. The molecule has 102 valence electrons. The van der Waals surface area contributed by atoms with Crippen LogP contribution in [0, 0.1) is 6.57 Å². The largest absolute Gasteiger partial charge is 0.489 e. The van der Waals surface area contributed by atoms with Crippen molar-refractivity contribution >= 4 is 11.6 Å². The van der Waals surface area contributed by atoms with Crippen molar-refractivity contribution in [2.45, 2.75) is 12.7 Å². The fourth-order valence-electron chi connectivity index (χ4n) is 1.75. The van der Waals surface area contributed by atoms with Crippen molar-refractivity contribution in [3.05, 3.63) is 76.1 Å². The molecule has 1 atom stereocenters. The molecule has 20 heavy (non-hydrogen) atoms. The lowest BCUT2D eigenvalue weighted by atomic mass is 10.1. The molecule has 2 aromatic carbocycles. The van der Waals surface area contributed by atoms with Crippen LogP contribution in [0.25, 0.3) is 4.85 Å². The molecule has 0 aliphatic carbocycles. The van der Waals surface area contributed by atoms with Crippen molar-refractivity contribution in [2.75, 3.05) is 6.54 Å². The summed E-state index contributed by atoms with van der Waals surface area (Å²) in [6.45, 7) is 7.26. The van der Waals surface area contributed by atoms with E-state index in [9.17, 15) is 5.11 Å². The Morgan fingerprint density at radius 2 is 1.95 bits per heavy atom. The minimum absolute atomic E-state index is 0.0562. The summed E-state index contributed by atoms with van der Waals surface area (Å²) >= 11 is 5.82. The highest BCUT2D eigenvalue weighted by atomic mass is 35.5. The van der Waals surface area contributed by atoms with Crippen LogP contribution in [0.2, 0.25) is 5.02 Å². The van der Waals surface area contributed by atoms with Crippen molar-refractivity contribution < 1.29 is 9.84 Å². The molecular formula is C16H14ClNO2. The fourth-order valence-corrected chi connectivity index (χ4v) is 1.88. The maximum atomic E-state index is 9.78. The molecule has 0 amide bonds. The van der Waals surface area contributed by atoms with Crippen LogP contribution in [0.5, 0.6) is 5.75 Å². The number of halogens is 1. The normalized spacial score (nSPS) is 11.7. The van der Waals surface area contributed by atoms with Crippen LogP contribution in [-0.2, 0) is 6.61 Å². The number of ether oxygens (including phenoxy) is 1. The maximum absolute atomic E-state index is 9.78. The monoisotopic (exact) mass is 287 g/mol. The summed E-state index contributed by atoms with van der Waals surface area (Å²) in [6.07, 6.45) is -0.772. The van der Waals surface area contributed by atoms with E-state index in [2.05, 4.69) is 4.85 Å². The summed E-state index contributed by atoms with van der Waals surface area (Å²) < 4.78 is 5.67. The predicted molar refractivity (Wildman–Crippen MR) is 78.7 cm³/mol. The van der Waals surface area contributed by atoms with Crippen LogP contribution in [0.3, 0.4) is 0 Å². The van der Waals surface area contributed by atoms with Gasteiger partial charge >= 0.3 is 0 Å². The van der Waals surface area contributed by atoms with E-state index in [1.807, 2.05) is 30.3 Å². The third kappa shape index (κ3) is 3.99. The summed E-state index contributed by atoms with van der Waals surface area (Å²) in [7, 11) is 0. The first-order valence-electron chi connectivity index (χ1n) is 6.17. The van der Waals surface area contributed by atoms with Gasteiger partial charge in [0.2, 0.25) is 6.54 Å². The van der Waals surface area contributed by atoms with E-state index < -0.39 is 6.10 Å². The van der Waals surface area contributed by atoms with Crippen LogP contribution < -0.4 is 4.74 Å². The van der Waals surface area contributed by atoms with Gasteiger partial charge in [-0.05, 0) is 35.4 Å². The molecule has 2 aromatic rings. The number of aliphatic hydroxyl groups excluding tert-OH is 1. The third-order valence-electron chi connectivity index (χ3n) is 2.83. The van der Waals surface area contributed by atoms with Gasteiger partial charge in [-0.25, -0.2) is 6.57 Å². The van der Waals surface area contributed by atoms with Gasteiger partial charge in [0, 0.05) is 5.02 Å². The van der Waals surface area contributed by atoms with Gasteiger partial charge in [-0.15, -0.1) is 0 Å². The minimum Gasteiger partial charge on any atom is -0.489 e. The number of benzene rings is 2. The van der Waals surface area contributed by atoms with Gasteiger partial charge in [0.25, 0.3) is 0 Å². The van der Waals surface area contributed by atoms with Crippen molar-refractivity contribution in [1.29, 1.82) is 0 Å². The summed E-state index contributed by atoms with van der Waals surface area (Å²) in [5.74, 6) is 0.668. The standard InChI is InChI=1S/C16H14ClNO2/c1-18-10-16(19)13-3-2-4-15(9-13)20-11-12-5-7-14(17)8-6-12/h2-9,16,19H,10-11H2. The Kier molecular flexibility index (Phi) is 5.00. The Morgan fingerprint density at radius 1 is 1.20 bits per heavy atom. The Morgan fingerprint density at radius 3 is 2.65 bits per heavy atom. The van der Waals surface area contributed by atoms with E-state index in [4.69, 9.17) is 22.9 Å². The smallest absolute Gasteiger partial charge is 0.244 e. The Balaban J connectivity index is 2.01. The number of hydrogen-bond acceptors (Lipinski definition) is 2. The van der Waals surface area contributed by atoms with Crippen LogP contribution >= 0.6 is 11.6 Å². The zero-order chi connectivity index (χ0) is 14.4. The molecule has 0 saturated carbocycles. The molecular weight excluding hydrogens is 274 g/mol.